The summed E-state index contributed by atoms with van der Waals surface area (Å²) >= 11 is 0. The lowest BCUT2D eigenvalue weighted by atomic mass is 9.84. The molecule has 11 heteroatoms. The Labute approximate surface area is 406 Å². The predicted octanol–water partition coefficient (Wildman–Crippen LogP) is 13.3. The highest BCUT2D eigenvalue weighted by Gasteiger charge is 2.55. The van der Waals surface area contributed by atoms with Gasteiger partial charge in [0.05, 0.1) is 32.0 Å². The molecular weight excluding hydrogens is 873 g/mol. The summed E-state index contributed by atoms with van der Waals surface area (Å²) in [6, 6.07) is 32.9. The van der Waals surface area contributed by atoms with Crippen LogP contribution in [0, 0.1) is 5.92 Å². The van der Waals surface area contributed by atoms with Crippen LogP contribution >= 0.6 is 0 Å². The maximum atomic E-state index is 14.4. The van der Waals surface area contributed by atoms with E-state index in [2.05, 4.69) is 150 Å². The molecule has 0 aliphatic heterocycles. The Kier molecular flexibility index (Phi) is 23.7. The quantitative estimate of drug-likeness (QED) is 0.0348. The van der Waals surface area contributed by atoms with Gasteiger partial charge < -0.3 is 32.2 Å². The van der Waals surface area contributed by atoms with Gasteiger partial charge in [-0.1, -0.05) is 162 Å². The van der Waals surface area contributed by atoms with Crippen LogP contribution in [0.3, 0.4) is 0 Å². The van der Waals surface area contributed by atoms with E-state index in [-0.39, 0.29) is 34.7 Å². The van der Waals surface area contributed by atoms with Crippen LogP contribution in [-0.2, 0) is 38.9 Å². The van der Waals surface area contributed by atoms with E-state index in [1.807, 2.05) is 24.3 Å². The van der Waals surface area contributed by atoms with Gasteiger partial charge in [-0.2, -0.15) is 0 Å². The molecule has 3 aromatic carbocycles. The summed E-state index contributed by atoms with van der Waals surface area (Å²) in [5, 5.41) is 2.11. The molecule has 372 valence electrons. The first-order valence-corrected chi connectivity index (χ1v) is 32.5. The molecule has 0 fully saturated rings. The molecule has 0 unspecified atom stereocenters. The monoisotopic (exact) mass is 965 g/mol. The number of hydrogen-bond acceptors (Lipinski definition) is 8. The molecule has 3 rings (SSSR count). The van der Waals surface area contributed by atoms with Crippen molar-refractivity contribution in [3.8, 4) is 5.75 Å². The number of benzene rings is 3. The minimum Gasteiger partial charge on any atom is -0.497 e. The predicted molar refractivity (Wildman–Crippen MR) is 283 cm³/mol. The summed E-state index contributed by atoms with van der Waals surface area (Å²) in [5.41, 5.74) is 0.256. The molecule has 0 N–H and O–H groups in total. The molecule has 0 saturated heterocycles. The Morgan fingerprint density at radius 2 is 1.27 bits per heavy atom. The molecule has 0 aliphatic carbocycles. The summed E-state index contributed by atoms with van der Waals surface area (Å²) in [7, 11) is -3.95. The van der Waals surface area contributed by atoms with E-state index in [0.29, 0.717) is 45.5 Å². The van der Waals surface area contributed by atoms with Crippen LogP contribution in [0.1, 0.15) is 133 Å². The molecule has 0 aliphatic rings. The van der Waals surface area contributed by atoms with Crippen molar-refractivity contribution in [1.82, 2.24) is 0 Å². The number of ether oxygens (including phenoxy) is 4. The Hall–Kier alpha value is -2.46. The number of unbranched alkanes of at least 4 members (excludes halogenated alkanes) is 1. The Balaban J connectivity index is 2.01. The van der Waals surface area contributed by atoms with Crippen molar-refractivity contribution in [2.45, 2.75) is 193 Å². The van der Waals surface area contributed by atoms with Gasteiger partial charge in [-0.25, -0.2) is 0 Å². The first kappa shape index (κ1) is 57.9. The highest BCUT2D eigenvalue weighted by Crippen LogP contribution is 2.43. The third-order valence-corrected chi connectivity index (χ3v) is 29.0. The lowest BCUT2D eigenvalue weighted by Gasteiger charge is -2.50. The summed E-state index contributed by atoms with van der Waals surface area (Å²) in [6.45, 7) is 31.3. The fourth-order valence-electron chi connectivity index (χ4n) is 8.98. The van der Waals surface area contributed by atoms with Gasteiger partial charge in [0, 0.05) is 32.7 Å². The normalized spacial score (nSPS) is 15.3. The fraction of sp³-hybridized carbons (Fsp3) is 0.655. The summed E-state index contributed by atoms with van der Waals surface area (Å²) in [5.74, 6) is 1.26. The van der Waals surface area contributed by atoms with Gasteiger partial charge in [0.25, 0.3) is 8.32 Å². The van der Waals surface area contributed by atoms with Crippen LogP contribution < -0.4 is 15.1 Å². The highest BCUT2D eigenvalue weighted by atomic mass is 28.4. The van der Waals surface area contributed by atoms with Crippen molar-refractivity contribution >= 4 is 41.1 Å². The largest absolute Gasteiger partial charge is 0.497 e. The van der Waals surface area contributed by atoms with E-state index in [0.717, 1.165) is 55.1 Å². The number of carbonyl (C=O) groups is 1. The van der Waals surface area contributed by atoms with Crippen molar-refractivity contribution in [3.63, 3.8) is 0 Å². The molecule has 0 aromatic heterocycles. The second kappa shape index (κ2) is 27.1. The number of rotatable bonds is 32. The molecule has 0 amide bonds. The number of hydrogen-bond donors (Lipinski definition) is 0. The van der Waals surface area contributed by atoms with Crippen LogP contribution in [0.2, 0.25) is 41.3 Å². The van der Waals surface area contributed by atoms with E-state index in [1.54, 1.807) is 14.2 Å². The number of ketones is 1. The van der Waals surface area contributed by atoms with E-state index < -0.39 is 36.7 Å². The number of methoxy groups -OCH3 is 2. The number of carbonyl (C=O) groups excluding carboxylic acids is 1. The van der Waals surface area contributed by atoms with Crippen LogP contribution in [0.25, 0.3) is 0 Å². The van der Waals surface area contributed by atoms with Gasteiger partial charge >= 0.3 is 0 Å². The zero-order valence-corrected chi connectivity index (χ0v) is 47.2. The minimum absolute atomic E-state index is 0.0150. The minimum atomic E-state index is -3.10. The molecule has 0 bridgehead atoms. The molecule has 0 saturated carbocycles. The van der Waals surface area contributed by atoms with Crippen molar-refractivity contribution in [3.05, 3.63) is 90.5 Å². The molecular formula is C55H92O8Si3. The van der Waals surface area contributed by atoms with Crippen LogP contribution in [0.4, 0.5) is 0 Å². The number of Topliss-reactive ketones (excluding diaryl/α,β-unsaturated/α-hetero) is 1. The zero-order valence-electron chi connectivity index (χ0n) is 44.2. The average molecular weight is 966 g/mol. The van der Waals surface area contributed by atoms with Gasteiger partial charge in [0.15, 0.2) is 16.6 Å². The molecule has 3 aromatic rings. The van der Waals surface area contributed by atoms with Gasteiger partial charge in [-0.15, -0.1) is 0 Å². The fourth-order valence-corrected chi connectivity index (χ4v) is 17.7. The Bertz CT molecular complexity index is 1730. The second-order valence-corrected chi connectivity index (χ2v) is 35.0. The van der Waals surface area contributed by atoms with E-state index in [4.69, 9.17) is 32.2 Å². The smallest absolute Gasteiger partial charge is 0.261 e. The van der Waals surface area contributed by atoms with E-state index in [9.17, 15) is 4.79 Å². The summed E-state index contributed by atoms with van der Waals surface area (Å²) in [6.07, 6.45) is 5.02. The summed E-state index contributed by atoms with van der Waals surface area (Å²) in [4.78, 5) is 14.4. The Morgan fingerprint density at radius 1 is 0.697 bits per heavy atom. The van der Waals surface area contributed by atoms with E-state index >= 15 is 0 Å². The van der Waals surface area contributed by atoms with Crippen molar-refractivity contribution in [2.75, 3.05) is 34.2 Å². The topological polar surface area (TPSA) is 81.7 Å². The molecule has 8 nitrogen and oxygen atoms in total. The first-order chi connectivity index (χ1) is 31.2. The highest BCUT2D eigenvalue weighted by molar-refractivity contribution is 6.99. The summed E-state index contributed by atoms with van der Waals surface area (Å²) < 4.78 is 46.9. The average Bonchev–Trinajstić information content (AvgIpc) is 3.30. The van der Waals surface area contributed by atoms with Crippen LogP contribution in [0.15, 0.2) is 84.9 Å². The Morgan fingerprint density at radius 3 is 1.76 bits per heavy atom. The van der Waals surface area contributed by atoms with Gasteiger partial charge in [0.2, 0.25) is 0 Å². The molecule has 4 atom stereocenters. The SMILES string of the molecule is CCCC[C@](CCC(=O)CC[C@H](C)[C@@H](CCOCc1ccc(OC)cc1)O[Si](CC)(CC)CC)(OCOC)[C@H](CO[Si](C)(C)C(C)(C)C)O[Si](c1ccccc1)(c1ccccc1)C(C)(C)C. The van der Waals surface area contributed by atoms with Gasteiger partial charge in [-0.3, -0.25) is 4.79 Å². The van der Waals surface area contributed by atoms with Crippen LogP contribution in [0.5, 0.6) is 5.75 Å². The third kappa shape index (κ3) is 16.1. The van der Waals surface area contributed by atoms with E-state index in [1.165, 1.54) is 10.4 Å². The maximum Gasteiger partial charge on any atom is 0.261 e. The zero-order chi connectivity index (χ0) is 49.1. The molecule has 0 spiro atoms. The maximum absolute atomic E-state index is 14.4. The van der Waals surface area contributed by atoms with Crippen molar-refractivity contribution < 1.29 is 37.0 Å². The van der Waals surface area contributed by atoms with Crippen molar-refractivity contribution in [2.24, 2.45) is 5.92 Å². The third-order valence-electron chi connectivity index (χ3n) is 14.8. The van der Waals surface area contributed by atoms with Crippen molar-refractivity contribution in [1.29, 1.82) is 0 Å². The molecule has 0 heterocycles. The molecule has 66 heavy (non-hydrogen) atoms. The molecule has 0 radical (unpaired) electrons. The first-order valence-electron chi connectivity index (χ1n) is 25.2. The second-order valence-electron chi connectivity index (χ2n) is 21.2. The lowest BCUT2D eigenvalue weighted by molar-refractivity contribution is -0.187. The van der Waals surface area contributed by atoms with Gasteiger partial charge in [-0.05, 0) is 101 Å². The lowest BCUT2D eigenvalue weighted by Crippen LogP contribution is -2.70. The standard InChI is InChI=1S/C55H92O8Si3/c1-16-20-39-55(60-44-57-12,40-37-47(56)34-31-45(5)51(62-65(17-2,18-3)19-4)38-41-59-42-46-32-35-48(58-13)36-33-46)52(43-61-64(14,15)53(6,7)8)63-66(54(9,10)11,49-27-23-21-24-28-49)50-29-25-22-26-30-50/h21-30,32-33,35-36,45,51-52H,16-20,31,34,37-44H2,1-15H3/t45-,51+,52-,55+/m0/s1. The van der Waals surface area contributed by atoms with Gasteiger partial charge in [0.1, 0.15) is 18.3 Å². The van der Waals surface area contributed by atoms with Crippen LogP contribution in [-0.4, -0.2) is 82.8 Å².